The van der Waals surface area contributed by atoms with E-state index in [2.05, 4.69) is 14.7 Å². The van der Waals surface area contributed by atoms with Crippen LogP contribution in [0.1, 0.15) is 10.5 Å². The molecule has 2 rings (SSSR count). The molecule has 0 bridgehead atoms. The van der Waals surface area contributed by atoms with Crippen molar-refractivity contribution >= 4 is 28.9 Å². The lowest BCUT2D eigenvalue weighted by Gasteiger charge is -1.92. The monoisotopic (exact) mass is 242 g/mol. The first kappa shape index (κ1) is 10.2. The number of halogens is 1. The fraction of sp³-hybridized carbons (Fsp3) is 0.111. The molecule has 78 valence electrons. The van der Waals surface area contributed by atoms with Crippen molar-refractivity contribution < 1.29 is 9.53 Å². The predicted molar refractivity (Wildman–Crippen MR) is 58.3 cm³/mol. The van der Waals surface area contributed by atoms with Gasteiger partial charge in [0.05, 0.1) is 22.5 Å². The quantitative estimate of drug-likeness (QED) is 0.824. The number of carbonyl (C=O) groups is 1. The van der Waals surface area contributed by atoms with Gasteiger partial charge in [0.2, 0.25) is 0 Å². The Morgan fingerprint density at radius 1 is 1.60 bits per heavy atom. The van der Waals surface area contributed by atoms with Gasteiger partial charge < -0.3 is 9.72 Å². The second-order valence-electron chi connectivity index (χ2n) is 2.74. The van der Waals surface area contributed by atoms with E-state index in [1.807, 2.05) is 6.07 Å². The van der Waals surface area contributed by atoms with Crippen LogP contribution in [0.2, 0.25) is 4.34 Å². The normalized spacial score (nSPS) is 10.3. The van der Waals surface area contributed by atoms with Gasteiger partial charge >= 0.3 is 5.97 Å². The lowest BCUT2D eigenvalue weighted by Crippen LogP contribution is -2.00. The smallest absolute Gasteiger partial charge is 0.356 e. The molecular weight excluding hydrogens is 236 g/mol. The zero-order valence-corrected chi connectivity index (χ0v) is 9.35. The Balaban J connectivity index is 2.31. The SMILES string of the molecule is COC(=O)c1cnc(-c2ccc(Cl)s2)[nH]1. The van der Waals surface area contributed by atoms with Crippen molar-refractivity contribution in [2.45, 2.75) is 0 Å². The second-order valence-corrected chi connectivity index (χ2v) is 4.46. The van der Waals surface area contributed by atoms with Crippen molar-refractivity contribution in [1.29, 1.82) is 0 Å². The van der Waals surface area contributed by atoms with E-state index in [4.69, 9.17) is 11.6 Å². The number of esters is 1. The Labute approximate surface area is 94.9 Å². The molecule has 0 amide bonds. The van der Waals surface area contributed by atoms with Gasteiger partial charge in [0, 0.05) is 0 Å². The van der Waals surface area contributed by atoms with Crippen molar-refractivity contribution in [3.63, 3.8) is 0 Å². The Bertz CT molecular complexity index is 492. The highest BCUT2D eigenvalue weighted by molar-refractivity contribution is 7.19. The van der Waals surface area contributed by atoms with Crippen LogP contribution in [0.25, 0.3) is 10.7 Å². The molecule has 2 aromatic rings. The molecule has 0 unspecified atom stereocenters. The van der Waals surface area contributed by atoms with E-state index in [9.17, 15) is 4.79 Å². The lowest BCUT2D eigenvalue weighted by molar-refractivity contribution is 0.0595. The third-order valence-electron chi connectivity index (χ3n) is 1.79. The highest BCUT2D eigenvalue weighted by Crippen LogP contribution is 2.28. The fourth-order valence-electron chi connectivity index (χ4n) is 1.10. The first-order valence-corrected chi connectivity index (χ1v) is 5.29. The maximum atomic E-state index is 11.1. The first-order chi connectivity index (χ1) is 7.20. The zero-order valence-electron chi connectivity index (χ0n) is 7.78. The van der Waals surface area contributed by atoms with Crippen molar-refractivity contribution in [1.82, 2.24) is 9.97 Å². The summed E-state index contributed by atoms with van der Waals surface area (Å²) >= 11 is 7.19. The summed E-state index contributed by atoms with van der Waals surface area (Å²) in [6.45, 7) is 0. The molecule has 0 aliphatic heterocycles. The molecule has 2 heterocycles. The Kier molecular flexibility index (Phi) is 2.75. The van der Waals surface area contributed by atoms with Gasteiger partial charge in [-0.05, 0) is 12.1 Å². The van der Waals surface area contributed by atoms with E-state index < -0.39 is 5.97 Å². The minimum atomic E-state index is -0.434. The highest BCUT2D eigenvalue weighted by Gasteiger charge is 2.11. The number of carbonyl (C=O) groups excluding carboxylic acids is 1. The number of hydrogen-bond acceptors (Lipinski definition) is 4. The molecule has 0 spiro atoms. The summed E-state index contributed by atoms with van der Waals surface area (Å²) in [7, 11) is 1.32. The largest absolute Gasteiger partial charge is 0.464 e. The molecule has 0 aliphatic carbocycles. The van der Waals surface area contributed by atoms with Crippen molar-refractivity contribution in [2.75, 3.05) is 7.11 Å². The number of aromatic nitrogens is 2. The number of thiophene rings is 1. The molecule has 0 aromatic carbocycles. The lowest BCUT2D eigenvalue weighted by atomic mass is 10.4. The summed E-state index contributed by atoms with van der Waals surface area (Å²) < 4.78 is 5.24. The van der Waals surface area contributed by atoms with Crippen LogP contribution in [0, 0.1) is 0 Å². The first-order valence-electron chi connectivity index (χ1n) is 4.09. The Hall–Kier alpha value is -1.33. The number of rotatable bonds is 2. The van der Waals surface area contributed by atoms with Gasteiger partial charge in [-0.2, -0.15) is 0 Å². The van der Waals surface area contributed by atoms with Gasteiger partial charge in [-0.1, -0.05) is 11.6 Å². The van der Waals surface area contributed by atoms with Crippen LogP contribution in [0.5, 0.6) is 0 Å². The van der Waals surface area contributed by atoms with Crippen LogP contribution >= 0.6 is 22.9 Å². The molecule has 0 saturated heterocycles. The van der Waals surface area contributed by atoms with Crippen LogP contribution in [-0.4, -0.2) is 23.0 Å². The molecule has 0 saturated carbocycles. The van der Waals surface area contributed by atoms with Gasteiger partial charge in [-0.15, -0.1) is 11.3 Å². The van der Waals surface area contributed by atoms with E-state index in [-0.39, 0.29) is 0 Å². The summed E-state index contributed by atoms with van der Waals surface area (Å²) in [6, 6.07) is 3.62. The number of hydrogen-bond donors (Lipinski definition) is 1. The molecular formula is C9H7ClN2O2S. The minimum Gasteiger partial charge on any atom is -0.464 e. The van der Waals surface area contributed by atoms with E-state index >= 15 is 0 Å². The van der Waals surface area contributed by atoms with E-state index in [0.29, 0.717) is 15.9 Å². The van der Waals surface area contributed by atoms with Gasteiger partial charge in [0.25, 0.3) is 0 Å². The molecule has 1 N–H and O–H groups in total. The number of nitrogens with one attached hydrogen (secondary N) is 1. The number of nitrogens with zero attached hydrogens (tertiary/aromatic N) is 1. The fourth-order valence-corrected chi connectivity index (χ4v) is 2.10. The van der Waals surface area contributed by atoms with Crippen LogP contribution in [-0.2, 0) is 4.74 Å². The molecule has 15 heavy (non-hydrogen) atoms. The van der Waals surface area contributed by atoms with Gasteiger partial charge in [0.1, 0.15) is 11.5 Å². The molecule has 6 heteroatoms. The standard InChI is InChI=1S/C9H7ClN2O2S/c1-14-9(13)5-4-11-8(12-5)6-2-3-7(10)15-6/h2-4H,1H3,(H,11,12). The summed E-state index contributed by atoms with van der Waals surface area (Å²) in [5, 5.41) is 0. The molecule has 2 aromatic heterocycles. The topological polar surface area (TPSA) is 55.0 Å². The number of ether oxygens (including phenoxy) is 1. The zero-order chi connectivity index (χ0) is 10.8. The summed E-state index contributed by atoms with van der Waals surface area (Å²) in [5.41, 5.74) is 0.331. The Morgan fingerprint density at radius 2 is 2.40 bits per heavy atom. The van der Waals surface area contributed by atoms with Crippen LogP contribution in [0.4, 0.5) is 0 Å². The predicted octanol–water partition coefficient (Wildman–Crippen LogP) is 2.58. The second kappa shape index (κ2) is 4.04. The van der Waals surface area contributed by atoms with Gasteiger partial charge in [0.15, 0.2) is 0 Å². The highest BCUT2D eigenvalue weighted by atomic mass is 35.5. The third kappa shape index (κ3) is 2.03. The van der Waals surface area contributed by atoms with Gasteiger partial charge in [-0.3, -0.25) is 0 Å². The number of imidazole rings is 1. The van der Waals surface area contributed by atoms with Crippen LogP contribution in [0.3, 0.4) is 0 Å². The average Bonchev–Trinajstić information content (AvgIpc) is 2.84. The maximum absolute atomic E-state index is 11.1. The van der Waals surface area contributed by atoms with Crippen LogP contribution < -0.4 is 0 Å². The maximum Gasteiger partial charge on any atom is 0.356 e. The number of H-pyrrole nitrogens is 1. The number of aromatic amines is 1. The number of methoxy groups -OCH3 is 1. The van der Waals surface area contributed by atoms with Crippen molar-refractivity contribution in [2.24, 2.45) is 0 Å². The molecule has 0 atom stereocenters. The van der Waals surface area contributed by atoms with E-state index in [1.54, 1.807) is 6.07 Å². The van der Waals surface area contributed by atoms with Crippen LogP contribution in [0.15, 0.2) is 18.3 Å². The molecule has 0 aliphatic rings. The van der Waals surface area contributed by atoms with E-state index in [1.165, 1.54) is 24.6 Å². The van der Waals surface area contributed by atoms with Crippen molar-refractivity contribution in [3.8, 4) is 10.7 Å². The minimum absolute atomic E-state index is 0.331. The average molecular weight is 243 g/mol. The summed E-state index contributed by atoms with van der Waals surface area (Å²) in [5.74, 6) is 0.184. The molecule has 0 radical (unpaired) electrons. The van der Waals surface area contributed by atoms with E-state index in [0.717, 1.165) is 4.88 Å². The molecule has 0 fully saturated rings. The summed E-state index contributed by atoms with van der Waals surface area (Å²) in [4.78, 5) is 19.0. The third-order valence-corrected chi connectivity index (χ3v) is 3.03. The van der Waals surface area contributed by atoms with Crippen molar-refractivity contribution in [3.05, 3.63) is 28.4 Å². The Morgan fingerprint density at radius 3 is 3.00 bits per heavy atom. The molecule has 4 nitrogen and oxygen atoms in total. The summed E-state index contributed by atoms with van der Waals surface area (Å²) in [6.07, 6.45) is 1.44. The van der Waals surface area contributed by atoms with Gasteiger partial charge in [-0.25, -0.2) is 9.78 Å².